The van der Waals surface area contributed by atoms with Crippen LogP contribution in [-0.4, -0.2) is 32.1 Å². The number of carbonyl (C=O) groups is 1. The van der Waals surface area contributed by atoms with E-state index in [0.29, 0.717) is 16.7 Å². The van der Waals surface area contributed by atoms with Crippen LogP contribution in [0.1, 0.15) is 55.2 Å². The van der Waals surface area contributed by atoms with E-state index in [4.69, 9.17) is 21.4 Å². The topological polar surface area (TPSA) is 83.9 Å². The van der Waals surface area contributed by atoms with Crippen molar-refractivity contribution in [1.82, 2.24) is 0 Å². The van der Waals surface area contributed by atoms with Crippen LogP contribution in [0, 0.1) is 11.6 Å². The Morgan fingerprint density at radius 2 is 1.90 bits per heavy atom. The van der Waals surface area contributed by atoms with Gasteiger partial charge in [0.15, 0.2) is 0 Å². The van der Waals surface area contributed by atoms with Crippen molar-refractivity contribution < 1.29 is 31.8 Å². The van der Waals surface area contributed by atoms with Crippen molar-refractivity contribution in [3.63, 3.8) is 0 Å². The maximum absolute atomic E-state index is 14.5. The molecule has 0 radical (unpaired) electrons. The number of sulfonamides is 1. The number of carboxylic acids is 1. The van der Waals surface area contributed by atoms with Crippen molar-refractivity contribution in [2.75, 3.05) is 10.8 Å². The first-order valence-corrected chi connectivity index (χ1v) is 14.3. The zero-order valence-corrected chi connectivity index (χ0v) is 22.6. The molecule has 1 aliphatic heterocycles. The summed E-state index contributed by atoms with van der Waals surface area (Å²) in [4.78, 5) is 11.1. The van der Waals surface area contributed by atoms with Gasteiger partial charge in [-0.2, -0.15) is 0 Å². The van der Waals surface area contributed by atoms with Crippen molar-refractivity contribution in [3.05, 3.63) is 87.9 Å². The Morgan fingerprint density at radius 3 is 2.59 bits per heavy atom. The minimum Gasteiger partial charge on any atom is -0.486 e. The average molecular weight is 574 g/mol. The molecular formula is C29H26ClF2NO5S. The molecule has 1 aliphatic carbocycles. The van der Waals surface area contributed by atoms with Crippen molar-refractivity contribution in [1.29, 1.82) is 0 Å². The fraction of sp³-hybridized carbons (Fsp3) is 0.276. The minimum atomic E-state index is -4.17. The molecule has 1 fully saturated rings. The number of hydrogen-bond acceptors (Lipinski definition) is 4. The van der Waals surface area contributed by atoms with Crippen LogP contribution in [0.4, 0.5) is 14.5 Å². The number of halogens is 3. The maximum Gasteiger partial charge on any atom is 0.303 e. The minimum absolute atomic E-state index is 0.00496. The SMILES string of the molecule is CC(=Cc1ccc2c(c1)N(S(=O)(=O)c1ccc(F)c(C3CC3)c1)CC(CCC(=O)O)O2)c1c(F)cccc1Cl. The lowest BCUT2D eigenvalue weighted by Gasteiger charge is -2.35. The molecule has 0 aromatic heterocycles. The number of anilines is 1. The lowest BCUT2D eigenvalue weighted by Crippen LogP contribution is -2.43. The third-order valence-electron chi connectivity index (χ3n) is 6.91. The molecule has 1 N–H and O–H groups in total. The van der Waals surface area contributed by atoms with Gasteiger partial charge in [0.1, 0.15) is 23.5 Å². The number of benzene rings is 3. The predicted molar refractivity (Wildman–Crippen MR) is 146 cm³/mol. The van der Waals surface area contributed by atoms with Crippen molar-refractivity contribution >= 4 is 44.9 Å². The van der Waals surface area contributed by atoms with E-state index in [1.807, 2.05) is 0 Å². The first-order valence-electron chi connectivity index (χ1n) is 12.5. The van der Waals surface area contributed by atoms with Crippen molar-refractivity contribution in [3.8, 4) is 5.75 Å². The van der Waals surface area contributed by atoms with Gasteiger partial charge < -0.3 is 9.84 Å². The van der Waals surface area contributed by atoms with E-state index in [9.17, 15) is 22.0 Å². The third kappa shape index (κ3) is 5.65. The van der Waals surface area contributed by atoms with Crippen LogP contribution in [0.5, 0.6) is 5.75 Å². The average Bonchev–Trinajstić information content (AvgIpc) is 3.72. The Balaban J connectivity index is 1.57. The molecule has 0 saturated heterocycles. The Morgan fingerprint density at radius 1 is 1.13 bits per heavy atom. The fourth-order valence-corrected chi connectivity index (χ4v) is 6.64. The Kier molecular flexibility index (Phi) is 7.39. The summed E-state index contributed by atoms with van der Waals surface area (Å²) in [5.41, 5.74) is 1.98. The molecule has 3 aromatic rings. The molecule has 6 nitrogen and oxygen atoms in total. The fourth-order valence-electron chi connectivity index (χ4n) is 4.79. The Hall–Kier alpha value is -3.43. The summed E-state index contributed by atoms with van der Waals surface area (Å²) >= 11 is 6.22. The first-order chi connectivity index (χ1) is 18.5. The van der Waals surface area contributed by atoms with Gasteiger partial charge in [-0.05, 0) is 91.3 Å². The number of aliphatic carboxylic acids is 1. The van der Waals surface area contributed by atoms with E-state index in [1.54, 1.807) is 37.3 Å². The molecule has 1 unspecified atom stereocenters. The lowest BCUT2D eigenvalue weighted by molar-refractivity contribution is -0.137. The van der Waals surface area contributed by atoms with Crippen LogP contribution in [0.25, 0.3) is 11.6 Å². The van der Waals surface area contributed by atoms with Crippen molar-refractivity contribution in [2.24, 2.45) is 0 Å². The number of fused-ring (bicyclic) bond motifs is 1. The molecule has 204 valence electrons. The zero-order valence-electron chi connectivity index (χ0n) is 21.0. The highest BCUT2D eigenvalue weighted by Gasteiger charge is 2.36. The second-order valence-corrected chi connectivity index (χ2v) is 12.1. The van der Waals surface area contributed by atoms with Gasteiger partial charge in [-0.1, -0.05) is 29.8 Å². The van der Waals surface area contributed by atoms with Crippen LogP contribution < -0.4 is 9.04 Å². The van der Waals surface area contributed by atoms with Gasteiger partial charge in [0.05, 0.1) is 22.2 Å². The Bertz CT molecular complexity index is 1570. The zero-order chi connectivity index (χ0) is 27.9. The molecule has 2 aliphatic rings. The third-order valence-corrected chi connectivity index (χ3v) is 9.00. The summed E-state index contributed by atoms with van der Waals surface area (Å²) in [6.07, 6.45) is 2.50. The van der Waals surface area contributed by atoms with Gasteiger partial charge in [-0.25, -0.2) is 17.2 Å². The van der Waals surface area contributed by atoms with Crippen LogP contribution in [-0.2, 0) is 14.8 Å². The van der Waals surface area contributed by atoms with Gasteiger partial charge in [0.25, 0.3) is 10.0 Å². The van der Waals surface area contributed by atoms with E-state index in [-0.39, 0.29) is 52.2 Å². The molecule has 1 heterocycles. The van der Waals surface area contributed by atoms with E-state index in [0.717, 1.165) is 12.8 Å². The highest BCUT2D eigenvalue weighted by molar-refractivity contribution is 7.92. The predicted octanol–water partition coefficient (Wildman–Crippen LogP) is 6.88. The molecule has 10 heteroatoms. The number of hydrogen-bond donors (Lipinski definition) is 1. The summed E-state index contributed by atoms with van der Waals surface area (Å²) in [5, 5.41) is 9.39. The number of allylic oxidation sites excluding steroid dienone is 1. The molecular weight excluding hydrogens is 548 g/mol. The highest BCUT2D eigenvalue weighted by atomic mass is 35.5. The summed E-state index contributed by atoms with van der Waals surface area (Å²) in [5.74, 6) is -1.67. The van der Waals surface area contributed by atoms with E-state index in [2.05, 4.69) is 0 Å². The molecule has 1 saturated carbocycles. The number of ether oxygens (including phenoxy) is 1. The van der Waals surface area contributed by atoms with Crippen LogP contribution in [0.3, 0.4) is 0 Å². The second-order valence-electron chi connectivity index (χ2n) is 9.82. The monoisotopic (exact) mass is 573 g/mol. The van der Waals surface area contributed by atoms with Crippen LogP contribution in [0.15, 0.2) is 59.5 Å². The number of rotatable bonds is 8. The van der Waals surface area contributed by atoms with Crippen LogP contribution in [0.2, 0.25) is 5.02 Å². The molecule has 5 rings (SSSR count). The number of nitrogens with zero attached hydrogens (tertiary/aromatic N) is 1. The van der Waals surface area contributed by atoms with Gasteiger partial charge in [0, 0.05) is 12.0 Å². The maximum atomic E-state index is 14.5. The van der Waals surface area contributed by atoms with E-state index in [1.165, 1.54) is 34.6 Å². The van der Waals surface area contributed by atoms with Gasteiger partial charge in [-0.3, -0.25) is 9.10 Å². The summed E-state index contributed by atoms with van der Waals surface area (Å²) in [7, 11) is -4.17. The highest BCUT2D eigenvalue weighted by Crippen LogP contribution is 2.43. The van der Waals surface area contributed by atoms with Gasteiger partial charge in [0.2, 0.25) is 0 Å². The molecule has 0 spiro atoms. The molecule has 39 heavy (non-hydrogen) atoms. The number of carboxylic acid groups (broad SMARTS) is 1. The lowest BCUT2D eigenvalue weighted by atomic mass is 10.0. The Labute approximate surface area is 230 Å². The molecule has 1 atom stereocenters. The van der Waals surface area contributed by atoms with E-state index < -0.39 is 33.7 Å². The smallest absolute Gasteiger partial charge is 0.303 e. The van der Waals surface area contributed by atoms with Gasteiger partial charge in [-0.15, -0.1) is 0 Å². The quantitative estimate of drug-likeness (QED) is 0.297. The standard InChI is InChI=1S/C29H26ClF2NO5S/c1-17(29-23(30)3-2-4-25(29)32)13-18-5-11-27-26(14-18)33(16-20(38-27)8-12-28(34)35)39(36,37)21-9-10-24(31)22(15-21)19-6-7-19/h2-5,9-11,13-15,19-20H,6-8,12,16H2,1H3,(H,34,35). The van der Waals surface area contributed by atoms with E-state index >= 15 is 0 Å². The summed E-state index contributed by atoms with van der Waals surface area (Å²) in [6.45, 7) is 1.58. The first kappa shape index (κ1) is 27.1. The molecule has 0 bridgehead atoms. The van der Waals surface area contributed by atoms with Crippen LogP contribution >= 0.6 is 11.6 Å². The van der Waals surface area contributed by atoms with Gasteiger partial charge >= 0.3 is 5.97 Å². The normalized spacial score (nSPS) is 17.5. The molecule has 3 aromatic carbocycles. The summed E-state index contributed by atoms with van der Waals surface area (Å²) < 4.78 is 63.9. The summed E-state index contributed by atoms with van der Waals surface area (Å²) in [6, 6.07) is 13.1. The largest absolute Gasteiger partial charge is 0.486 e. The van der Waals surface area contributed by atoms with Crippen molar-refractivity contribution in [2.45, 2.75) is 49.5 Å². The molecule has 0 amide bonds. The second kappa shape index (κ2) is 10.6.